The average Bonchev–Trinajstić information content (AvgIpc) is 1.99. The van der Waals surface area contributed by atoms with E-state index in [9.17, 15) is 9.59 Å². The highest BCUT2D eigenvalue weighted by molar-refractivity contribution is 5.76. The maximum atomic E-state index is 11.1. The van der Waals surface area contributed by atoms with Gasteiger partial charge in [-0.25, -0.2) is 4.79 Å². The molecule has 15 heavy (non-hydrogen) atoms. The van der Waals surface area contributed by atoms with E-state index in [0.29, 0.717) is 13.2 Å². The molecule has 0 heterocycles. The fourth-order valence-electron chi connectivity index (χ4n) is 0.755. The van der Waals surface area contributed by atoms with Crippen molar-refractivity contribution < 1.29 is 19.1 Å². The van der Waals surface area contributed by atoms with Gasteiger partial charge in [-0.2, -0.15) is 0 Å². The largest absolute Gasteiger partial charge is 0.444 e. The van der Waals surface area contributed by atoms with Gasteiger partial charge in [0.05, 0.1) is 6.61 Å². The molecule has 1 amide bonds. The van der Waals surface area contributed by atoms with Crippen molar-refractivity contribution in [3.8, 4) is 0 Å². The number of Topliss-reactive ketones (excluding diaryl/α,β-unsaturated/α-hetero) is 1. The van der Waals surface area contributed by atoms with E-state index in [2.05, 4.69) is 5.32 Å². The van der Waals surface area contributed by atoms with Gasteiger partial charge in [-0.05, 0) is 27.7 Å². The minimum absolute atomic E-state index is 0.0349. The molecule has 0 rings (SSSR count). The Labute approximate surface area is 90.1 Å². The van der Waals surface area contributed by atoms with Gasteiger partial charge in [0.1, 0.15) is 12.2 Å². The quantitative estimate of drug-likeness (QED) is 0.701. The van der Waals surface area contributed by atoms with Gasteiger partial charge in [0.2, 0.25) is 0 Å². The summed E-state index contributed by atoms with van der Waals surface area (Å²) < 4.78 is 9.95. The summed E-state index contributed by atoms with van der Waals surface area (Å²) in [5.74, 6) is -0.0349. The van der Waals surface area contributed by atoms with Crippen LogP contribution in [0.25, 0.3) is 0 Å². The summed E-state index contributed by atoms with van der Waals surface area (Å²) in [7, 11) is 0. The molecule has 0 aliphatic heterocycles. The van der Waals surface area contributed by atoms with Crippen LogP contribution in [0.3, 0.4) is 0 Å². The maximum Gasteiger partial charge on any atom is 0.407 e. The van der Waals surface area contributed by atoms with Gasteiger partial charge in [-0.1, -0.05) is 0 Å². The molecule has 0 spiro atoms. The number of amides is 1. The van der Waals surface area contributed by atoms with E-state index in [4.69, 9.17) is 9.47 Å². The van der Waals surface area contributed by atoms with Gasteiger partial charge < -0.3 is 14.8 Å². The van der Waals surface area contributed by atoms with Crippen LogP contribution in [0, 0.1) is 0 Å². The van der Waals surface area contributed by atoms with Crippen LogP contribution in [-0.2, 0) is 14.3 Å². The molecule has 0 saturated carbocycles. The Kier molecular flexibility index (Phi) is 5.93. The van der Waals surface area contributed by atoms with Crippen molar-refractivity contribution in [3.05, 3.63) is 0 Å². The third kappa shape index (κ3) is 10.8. The van der Waals surface area contributed by atoms with E-state index in [-0.39, 0.29) is 12.4 Å². The maximum absolute atomic E-state index is 11.1. The van der Waals surface area contributed by atoms with Crippen molar-refractivity contribution in [1.29, 1.82) is 0 Å². The standard InChI is InChI=1S/C10H19NO4/c1-8(12)7-14-6-5-11-9(13)15-10(2,3)4/h5-7H2,1-4H3,(H,11,13). The lowest BCUT2D eigenvalue weighted by atomic mass is 10.2. The Morgan fingerprint density at radius 1 is 1.27 bits per heavy atom. The van der Waals surface area contributed by atoms with Crippen LogP contribution in [-0.4, -0.2) is 37.2 Å². The Bertz CT molecular complexity index is 220. The fraction of sp³-hybridized carbons (Fsp3) is 0.800. The van der Waals surface area contributed by atoms with E-state index >= 15 is 0 Å². The van der Waals surface area contributed by atoms with Gasteiger partial charge in [0, 0.05) is 6.54 Å². The second-order valence-electron chi connectivity index (χ2n) is 4.18. The molecule has 0 bridgehead atoms. The predicted octanol–water partition coefficient (Wildman–Crippen LogP) is 1.12. The van der Waals surface area contributed by atoms with Crippen molar-refractivity contribution >= 4 is 11.9 Å². The number of hydrogen-bond donors (Lipinski definition) is 1. The number of ether oxygens (including phenoxy) is 2. The zero-order valence-electron chi connectivity index (χ0n) is 9.75. The van der Waals surface area contributed by atoms with Gasteiger partial charge in [0.15, 0.2) is 5.78 Å². The second kappa shape index (κ2) is 6.40. The number of hydrogen-bond acceptors (Lipinski definition) is 4. The van der Waals surface area contributed by atoms with E-state index in [1.807, 2.05) is 0 Å². The first-order valence-corrected chi connectivity index (χ1v) is 4.85. The molecular weight excluding hydrogens is 198 g/mol. The van der Waals surface area contributed by atoms with Crippen LogP contribution in [0.15, 0.2) is 0 Å². The summed E-state index contributed by atoms with van der Waals surface area (Å²) >= 11 is 0. The van der Waals surface area contributed by atoms with Crippen LogP contribution in [0.4, 0.5) is 4.79 Å². The molecule has 0 radical (unpaired) electrons. The fourth-order valence-corrected chi connectivity index (χ4v) is 0.755. The van der Waals surface area contributed by atoms with Crippen LogP contribution < -0.4 is 5.32 Å². The first-order valence-electron chi connectivity index (χ1n) is 4.85. The Morgan fingerprint density at radius 2 is 1.87 bits per heavy atom. The molecule has 5 nitrogen and oxygen atoms in total. The highest BCUT2D eigenvalue weighted by atomic mass is 16.6. The Morgan fingerprint density at radius 3 is 2.33 bits per heavy atom. The molecule has 0 aromatic heterocycles. The molecule has 0 saturated heterocycles. The first kappa shape index (κ1) is 13.9. The van der Waals surface area contributed by atoms with E-state index in [1.165, 1.54) is 6.92 Å². The molecule has 1 N–H and O–H groups in total. The summed E-state index contributed by atoms with van der Waals surface area (Å²) in [6.45, 7) is 7.54. The lowest BCUT2D eigenvalue weighted by Crippen LogP contribution is -2.34. The highest BCUT2D eigenvalue weighted by Gasteiger charge is 2.15. The molecule has 0 aromatic carbocycles. The van der Waals surface area contributed by atoms with Gasteiger partial charge in [-0.3, -0.25) is 4.79 Å². The molecule has 0 aliphatic rings. The normalized spacial score (nSPS) is 10.9. The smallest absolute Gasteiger partial charge is 0.407 e. The van der Waals surface area contributed by atoms with E-state index < -0.39 is 11.7 Å². The Balaban J connectivity index is 3.44. The molecule has 0 unspecified atom stereocenters. The minimum atomic E-state index is -0.496. The highest BCUT2D eigenvalue weighted by Crippen LogP contribution is 2.05. The topological polar surface area (TPSA) is 64.6 Å². The third-order valence-electron chi connectivity index (χ3n) is 1.22. The summed E-state index contributed by atoms with van der Waals surface area (Å²) in [5.41, 5.74) is -0.496. The number of carbonyl (C=O) groups excluding carboxylic acids is 2. The van der Waals surface area contributed by atoms with Crippen LogP contribution in [0.1, 0.15) is 27.7 Å². The SMILES string of the molecule is CC(=O)COCCNC(=O)OC(C)(C)C. The zero-order valence-corrected chi connectivity index (χ0v) is 9.75. The van der Waals surface area contributed by atoms with Crippen molar-refractivity contribution in [2.24, 2.45) is 0 Å². The van der Waals surface area contributed by atoms with Crippen molar-refractivity contribution in [3.63, 3.8) is 0 Å². The van der Waals surface area contributed by atoms with Crippen LogP contribution in [0.5, 0.6) is 0 Å². The molecule has 0 aliphatic carbocycles. The lowest BCUT2D eigenvalue weighted by molar-refractivity contribution is -0.121. The molecule has 0 fully saturated rings. The van der Waals surface area contributed by atoms with Crippen LogP contribution >= 0.6 is 0 Å². The third-order valence-corrected chi connectivity index (χ3v) is 1.22. The van der Waals surface area contributed by atoms with Crippen molar-refractivity contribution in [2.75, 3.05) is 19.8 Å². The van der Waals surface area contributed by atoms with Gasteiger partial charge >= 0.3 is 6.09 Å². The average molecular weight is 217 g/mol. The molecule has 0 atom stereocenters. The van der Waals surface area contributed by atoms with Crippen molar-refractivity contribution in [1.82, 2.24) is 5.32 Å². The van der Waals surface area contributed by atoms with Gasteiger partial charge in [-0.15, -0.1) is 0 Å². The monoisotopic (exact) mass is 217 g/mol. The second-order valence-corrected chi connectivity index (χ2v) is 4.18. The molecular formula is C10H19NO4. The van der Waals surface area contributed by atoms with Crippen LogP contribution in [0.2, 0.25) is 0 Å². The van der Waals surface area contributed by atoms with Crippen molar-refractivity contribution in [2.45, 2.75) is 33.3 Å². The molecule has 5 heteroatoms. The number of alkyl carbamates (subject to hydrolysis) is 1. The number of ketones is 1. The lowest BCUT2D eigenvalue weighted by Gasteiger charge is -2.19. The predicted molar refractivity (Wildman–Crippen MR) is 55.7 cm³/mol. The number of rotatable bonds is 5. The minimum Gasteiger partial charge on any atom is -0.444 e. The molecule has 88 valence electrons. The summed E-state index contributed by atoms with van der Waals surface area (Å²) in [6, 6.07) is 0. The summed E-state index contributed by atoms with van der Waals surface area (Å²) in [5, 5.41) is 2.52. The summed E-state index contributed by atoms with van der Waals surface area (Å²) in [4.78, 5) is 21.6. The van der Waals surface area contributed by atoms with E-state index in [0.717, 1.165) is 0 Å². The summed E-state index contributed by atoms with van der Waals surface area (Å²) in [6.07, 6.45) is -0.478. The first-order chi connectivity index (χ1) is 6.81. The number of nitrogens with one attached hydrogen (secondary N) is 1. The van der Waals surface area contributed by atoms with Gasteiger partial charge in [0.25, 0.3) is 0 Å². The molecule has 0 aromatic rings. The Hall–Kier alpha value is -1.10. The number of carbonyl (C=O) groups is 2. The zero-order chi connectivity index (χ0) is 11.9. The van der Waals surface area contributed by atoms with E-state index in [1.54, 1.807) is 20.8 Å².